The molecule has 6 heteroatoms. The smallest absolute Gasteiger partial charge is 0.152 e. The molecule has 0 amide bonds. The number of sulfone groups is 1. The molecular formula is C14H21BrN2O2S. The van der Waals surface area contributed by atoms with Crippen LogP contribution in [0.15, 0.2) is 28.7 Å². The number of nitrogens with zero attached hydrogens (tertiary/aromatic N) is 1. The predicted octanol–water partition coefficient (Wildman–Crippen LogP) is 1.96. The largest absolute Gasteiger partial charge is 0.326 e. The highest BCUT2D eigenvalue weighted by molar-refractivity contribution is 9.10. The molecule has 4 nitrogen and oxygen atoms in total. The van der Waals surface area contributed by atoms with Crippen LogP contribution < -0.4 is 5.73 Å². The molecule has 0 radical (unpaired) electrons. The van der Waals surface area contributed by atoms with E-state index in [0.29, 0.717) is 13.1 Å². The van der Waals surface area contributed by atoms with Crippen molar-refractivity contribution in [3.8, 4) is 0 Å². The molecule has 0 aromatic heterocycles. The van der Waals surface area contributed by atoms with E-state index in [9.17, 15) is 8.42 Å². The predicted molar refractivity (Wildman–Crippen MR) is 85.4 cm³/mol. The second-order valence-corrected chi connectivity index (χ2v) is 8.48. The number of rotatable bonds is 4. The highest BCUT2D eigenvalue weighted by Crippen LogP contribution is 2.27. The zero-order valence-corrected chi connectivity index (χ0v) is 14.0. The highest BCUT2D eigenvalue weighted by atomic mass is 79.9. The van der Waals surface area contributed by atoms with Crippen LogP contribution in [0.5, 0.6) is 0 Å². The highest BCUT2D eigenvalue weighted by Gasteiger charge is 2.30. The zero-order valence-electron chi connectivity index (χ0n) is 11.6. The third-order valence-electron chi connectivity index (χ3n) is 3.86. The lowest BCUT2D eigenvalue weighted by Gasteiger charge is -2.37. The van der Waals surface area contributed by atoms with Crippen molar-refractivity contribution in [3.63, 3.8) is 0 Å². The Morgan fingerprint density at radius 1 is 1.25 bits per heavy atom. The molecule has 2 unspecified atom stereocenters. The number of benzene rings is 1. The van der Waals surface area contributed by atoms with E-state index in [-0.39, 0.29) is 23.6 Å². The topological polar surface area (TPSA) is 63.4 Å². The van der Waals surface area contributed by atoms with Crippen LogP contribution in [0.2, 0.25) is 0 Å². The first-order valence-electron chi connectivity index (χ1n) is 6.88. The van der Waals surface area contributed by atoms with Crippen molar-refractivity contribution in [2.45, 2.75) is 25.4 Å². The summed E-state index contributed by atoms with van der Waals surface area (Å²) in [6.45, 7) is 3.20. The molecule has 112 valence electrons. The molecule has 0 spiro atoms. The average molecular weight is 361 g/mol. The molecule has 0 bridgehead atoms. The summed E-state index contributed by atoms with van der Waals surface area (Å²) in [4.78, 5) is 2.21. The van der Waals surface area contributed by atoms with Gasteiger partial charge in [-0.05, 0) is 24.1 Å². The third-order valence-corrected chi connectivity index (χ3v) is 6.00. The van der Waals surface area contributed by atoms with E-state index in [1.165, 1.54) is 0 Å². The van der Waals surface area contributed by atoms with Gasteiger partial charge in [-0.3, -0.25) is 4.90 Å². The molecule has 2 rings (SSSR count). The van der Waals surface area contributed by atoms with Crippen molar-refractivity contribution in [1.82, 2.24) is 4.90 Å². The number of hydrogen-bond donors (Lipinski definition) is 1. The summed E-state index contributed by atoms with van der Waals surface area (Å²) >= 11 is 3.44. The van der Waals surface area contributed by atoms with Crippen LogP contribution in [0.25, 0.3) is 0 Å². The fraction of sp³-hybridized carbons (Fsp3) is 0.571. The van der Waals surface area contributed by atoms with Crippen LogP contribution in [0, 0.1) is 0 Å². The quantitative estimate of drug-likeness (QED) is 0.891. The molecule has 1 aliphatic rings. The van der Waals surface area contributed by atoms with Crippen molar-refractivity contribution < 1.29 is 8.42 Å². The van der Waals surface area contributed by atoms with Crippen LogP contribution in [0.1, 0.15) is 24.9 Å². The first-order chi connectivity index (χ1) is 9.43. The maximum Gasteiger partial charge on any atom is 0.152 e. The Morgan fingerprint density at radius 3 is 2.30 bits per heavy atom. The SMILES string of the molecule is CCC(N)C(c1ccc(Br)cc1)N1CCS(=O)(=O)CC1. The zero-order chi connectivity index (χ0) is 14.8. The summed E-state index contributed by atoms with van der Waals surface area (Å²) in [5.41, 5.74) is 7.44. The van der Waals surface area contributed by atoms with Crippen LogP contribution in [0.3, 0.4) is 0 Å². The van der Waals surface area contributed by atoms with Crippen LogP contribution in [-0.2, 0) is 9.84 Å². The van der Waals surface area contributed by atoms with E-state index in [2.05, 4.69) is 39.9 Å². The van der Waals surface area contributed by atoms with E-state index in [1.807, 2.05) is 12.1 Å². The Bertz CT molecular complexity index is 531. The van der Waals surface area contributed by atoms with Gasteiger partial charge in [-0.25, -0.2) is 8.42 Å². The Morgan fingerprint density at radius 2 is 1.80 bits per heavy atom. The maximum atomic E-state index is 11.6. The van der Waals surface area contributed by atoms with Crippen LogP contribution >= 0.6 is 15.9 Å². The van der Waals surface area contributed by atoms with Gasteiger partial charge < -0.3 is 5.73 Å². The molecule has 2 atom stereocenters. The van der Waals surface area contributed by atoms with Gasteiger partial charge >= 0.3 is 0 Å². The fourth-order valence-electron chi connectivity index (χ4n) is 2.62. The number of hydrogen-bond acceptors (Lipinski definition) is 4. The van der Waals surface area contributed by atoms with Crippen molar-refractivity contribution in [1.29, 1.82) is 0 Å². The van der Waals surface area contributed by atoms with E-state index in [4.69, 9.17) is 5.73 Å². The summed E-state index contributed by atoms with van der Waals surface area (Å²) < 4.78 is 24.2. The van der Waals surface area contributed by atoms with E-state index < -0.39 is 9.84 Å². The number of nitrogens with two attached hydrogens (primary N) is 1. The summed E-state index contributed by atoms with van der Waals surface area (Å²) in [5, 5.41) is 0. The molecule has 1 aromatic carbocycles. The first kappa shape index (κ1) is 15.9. The maximum absolute atomic E-state index is 11.6. The normalized spacial score (nSPS) is 22.4. The van der Waals surface area contributed by atoms with Gasteiger partial charge in [0, 0.05) is 29.6 Å². The Kier molecular flexibility index (Phi) is 5.23. The standard InChI is InChI=1S/C14H21BrN2O2S/c1-2-13(16)14(11-3-5-12(15)6-4-11)17-7-9-20(18,19)10-8-17/h3-6,13-14H,2,7-10,16H2,1H3. The van der Waals surface area contributed by atoms with E-state index in [0.717, 1.165) is 16.5 Å². The molecule has 0 saturated carbocycles. The molecule has 20 heavy (non-hydrogen) atoms. The molecule has 1 fully saturated rings. The fourth-order valence-corrected chi connectivity index (χ4v) is 4.11. The summed E-state index contributed by atoms with van der Waals surface area (Å²) in [7, 11) is -2.86. The lowest BCUT2D eigenvalue weighted by molar-refractivity contribution is 0.183. The average Bonchev–Trinajstić information content (AvgIpc) is 2.42. The summed E-state index contributed by atoms with van der Waals surface area (Å²) in [5.74, 6) is 0.465. The van der Waals surface area contributed by atoms with Crippen LogP contribution in [-0.4, -0.2) is 44.0 Å². The van der Waals surface area contributed by atoms with Gasteiger partial charge in [0.15, 0.2) is 9.84 Å². The monoisotopic (exact) mass is 360 g/mol. The van der Waals surface area contributed by atoms with Gasteiger partial charge in [-0.2, -0.15) is 0 Å². The molecule has 1 saturated heterocycles. The molecule has 0 aliphatic carbocycles. The summed E-state index contributed by atoms with van der Waals surface area (Å²) in [6, 6.07) is 8.23. The lowest BCUT2D eigenvalue weighted by atomic mass is 9.96. The molecule has 1 heterocycles. The second-order valence-electron chi connectivity index (χ2n) is 5.26. The molecular weight excluding hydrogens is 340 g/mol. The van der Waals surface area contributed by atoms with Crippen molar-refractivity contribution in [3.05, 3.63) is 34.3 Å². The van der Waals surface area contributed by atoms with Crippen molar-refractivity contribution in [2.24, 2.45) is 5.73 Å². The van der Waals surface area contributed by atoms with Gasteiger partial charge in [-0.15, -0.1) is 0 Å². The third kappa shape index (κ3) is 3.81. The minimum absolute atomic E-state index is 0.0111. The van der Waals surface area contributed by atoms with Gasteiger partial charge in [0.05, 0.1) is 11.5 Å². The molecule has 1 aromatic rings. The van der Waals surface area contributed by atoms with Gasteiger partial charge in [0.1, 0.15) is 0 Å². The van der Waals surface area contributed by atoms with E-state index >= 15 is 0 Å². The van der Waals surface area contributed by atoms with Crippen molar-refractivity contribution in [2.75, 3.05) is 24.6 Å². The lowest BCUT2D eigenvalue weighted by Crippen LogP contribution is -2.48. The van der Waals surface area contributed by atoms with Crippen LogP contribution in [0.4, 0.5) is 0 Å². The Balaban J connectivity index is 2.22. The van der Waals surface area contributed by atoms with Gasteiger partial charge in [0.2, 0.25) is 0 Å². The van der Waals surface area contributed by atoms with Crippen molar-refractivity contribution >= 4 is 25.8 Å². The molecule has 2 N–H and O–H groups in total. The second kappa shape index (κ2) is 6.56. The number of halogens is 1. The Hall–Kier alpha value is -0.430. The first-order valence-corrected chi connectivity index (χ1v) is 9.50. The Labute approximate surface area is 129 Å². The molecule has 1 aliphatic heterocycles. The van der Waals surface area contributed by atoms with Gasteiger partial charge in [0.25, 0.3) is 0 Å². The minimum Gasteiger partial charge on any atom is -0.326 e. The van der Waals surface area contributed by atoms with E-state index in [1.54, 1.807) is 0 Å². The minimum atomic E-state index is -2.86. The summed E-state index contributed by atoms with van der Waals surface area (Å²) in [6.07, 6.45) is 0.865. The van der Waals surface area contributed by atoms with Gasteiger partial charge in [-0.1, -0.05) is 35.0 Å².